The summed E-state index contributed by atoms with van der Waals surface area (Å²) < 4.78 is 0. The lowest BCUT2D eigenvalue weighted by Gasteiger charge is -2.01. The van der Waals surface area contributed by atoms with Gasteiger partial charge in [-0.05, 0) is 18.1 Å². The first-order chi connectivity index (χ1) is 5.09. The van der Waals surface area contributed by atoms with Crippen LogP contribution in [-0.4, -0.2) is 12.0 Å². The highest BCUT2D eigenvalue weighted by molar-refractivity contribution is 5.83. The van der Waals surface area contributed by atoms with Crippen molar-refractivity contribution in [3.8, 4) is 0 Å². The minimum Gasteiger partial charge on any atom is -0.724 e. The molecule has 0 radical (unpaired) electrons. The summed E-state index contributed by atoms with van der Waals surface area (Å²) in [5, 5.41) is 16.6. The van der Waals surface area contributed by atoms with Crippen molar-refractivity contribution >= 4 is 12.0 Å². The van der Waals surface area contributed by atoms with E-state index in [2.05, 4.69) is 6.58 Å². The van der Waals surface area contributed by atoms with E-state index < -0.39 is 5.97 Å². The van der Waals surface area contributed by atoms with E-state index >= 15 is 0 Å². The number of hydrogen-bond acceptors (Lipinski definition) is 3. The average Bonchev–Trinajstić information content (AvgIpc) is 1.90. The minimum absolute atomic E-state index is 0.188. The number of aliphatic carboxylic acids is 1. The zero-order chi connectivity index (χ0) is 9.28. The summed E-state index contributed by atoms with van der Waals surface area (Å²) in [6.07, 6.45) is 1.84. The molecule has 0 atom stereocenters. The van der Waals surface area contributed by atoms with Gasteiger partial charge in [0, 0.05) is 0 Å². The summed E-state index contributed by atoms with van der Waals surface area (Å²) >= 11 is 0. The van der Waals surface area contributed by atoms with Crippen LogP contribution >= 0.6 is 0 Å². The van der Waals surface area contributed by atoms with Gasteiger partial charge in [0.15, 0.2) is 0 Å². The molecule has 0 saturated carbocycles. The van der Waals surface area contributed by atoms with Crippen molar-refractivity contribution in [3.63, 3.8) is 0 Å². The maximum absolute atomic E-state index is 9.88. The predicted octanol–water partition coefficient (Wildman–Crippen LogP) is -0.0158. The van der Waals surface area contributed by atoms with Crippen LogP contribution < -0.4 is 5.11 Å². The van der Waals surface area contributed by atoms with E-state index in [1.54, 1.807) is 0 Å². The smallest absolute Gasteiger partial charge is 0.0668 e. The molecule has 11 heavy (non-hydrogen) atoms. The highest BCUT2D eigenvalue weighted by Crippen LogP contribution is 1.97. The van der Waals surface area contributed by atoms with E-state index in [-0.39, 0.29) is 5.57 Å². The fourth-order valence-electron chi connectivity index (χ4n) is 0.404. The fourth-order valence-corrected chi connectivity index (χ4v) is 0.404. The van der Waals surface area contributed by atoms with Crippen molar-refractivity contribution in [3.05, 3.63) is 17.6 Å². The van der Waals surface area contributed by atoms with E-state index in [0.717, 1.165) is 6.42 Å². The summed E-state index contributed by atoms with van der Waals surface area (Å²) in [5.74, 6) is -1.13. The highest BCUT2D eigenvalue weighted by Gasteiger charge is 1.89. The van der Waals surface area contributed by atoms with Crippen LogP contribution in [0.3, 0.4) is 0 Å². The molecule has 62 valence electrons. The van der Waals surface area contributed by atoms with Gasteiger partial charge in [-0.3, -0.25) is 4.79 Å². The second-order valence-electron chi connectivity index (χ2n) is 1.73. The number of carboxylic acid groups (broad SMARTS) is 1. The third-order valence-electron chi connectivity index (χ3n) is 0.840. The number of hydrogen-bond donors (Lipinski definition) is 0. The normalized spacial score (nSPS) is 7.00. The van der Waals surface area contributed by atoms with Gasteiger partial charge in [0.1, 0.15) is 0 Å². The first-order valence-electron chi connectivity index (χ1n) is 3.00. The summed E-state index contributed by atoms with van der Waals surface area (Å²) in [7, 11) is 0. The van der Waals surface area contributed by atoms with Crippen LogP contribution in [0.1, 0.15) is 19.8 Å². The molecule has 0 N–H and O–H groups in total. The number of carbonyl (C=O) groups excluding carboxylic acids is 2. The second kappa shape index (κ2) is 8.59. The number of carbonyl (C=O) groups is 1. The van der Waals surface area contributed by atoms with Crippen molar-refractivity contribution in [1.82, 2.24) is 0 Å². The molecule has 0 aromatic rings. The molecule has 0 fully saturated rings. The molecule has 0 unspecified atom stereocenters. The molecular formula is C7H9NO3-2. The van der Waals surface area contributed by atoms with Gasteiger partial charge >= 0.3 is 0 Å². The molecule has 0 bridgehead atoms. The molecule has 4 nitrogen and oxygen atoms in total. The van der Waals surface area contributed by atoms with E-state index in [9.17, 15) is 9.90 Å². The Bertz CT molecular complexity index is 169. The molecule has 4 heteroatoms. The Morgan fingerprint density at radius 1 is 1.73 bits per heavy atom. The quantitative estimate of drug-likeness (QED) is 0.326. The topological polar surface area (TPSA) is 79.5 Å². The Hall–Kier alpha value is -1.41. The van der Waals surface area contributed by atoms with Gasteiger partial charge < -0.3 is 15.3 Å². The van der Waals surface area contributed by atoms with E-state index in [1.165, 1.54) is 0 Å². The van der Waals surface area contributed by atoms with Crippen LogP contribution in [0.25, 0.3) is 5.41 Å². The molecule has 0 aliphatic heterocycles. The van der Waals surface area contributed by atoms with Gasteiger partial charge in [-0.2, -0.15) is 0 Å². The van der Waals surface area contributed by atoms with Crippen LogP contribution in [0, 0.1) is 0 Å². The van der Waals surface area contributed by atoms with E-state index in [4.69, 9.17) is 10.2 Å². The lowest BCUT2D eigenvalue weighted by atomic mass is 10.2. The molecule has 0 aliphatic rings. The van der Waals surface area contributed by atoms with Gasteiger partial charge in [-0.1, -0.05) is 19.9 Å². The lowest BCUT2D eigenvalue weighted by molar-refractivity contribution is -0.299. The van der Waals surface area contributed by atoms with Crippen molar-refractivity contribution < 1.29 is 14.7 Å². The first-order valence-corrected chi connectivity index (χ1v) is 3.00. The summed E-state index contributed by atoms with van der Waals surface area (Å²) in [6, 6.07) is 0. The zero-order valence-corrected chi connectivity index (χ0v) is 6.29. The van der Waals surface area contributed by atoms with Gasteiger partial charge in [0.25, 0.3) is 0 Å². The number of carboxylic acids is 1. The van der Waals surface area contributed by atoms with Crippen LogP contribution in [0.4, 0.5) is 0 Å². The zero-order valence-electron chi connectivity index (χ0n) is 6.29. The molecular weight excluding hydrogens is 146 g/mol. The largest absolute Gasteiger partial charge is 0.724 e. The van der Waals surface area contributed by atoms with Gasteiger partial charge in [0.05, 0.1) is 5.97 Å². The Labute approximate surface area is 65.0 Å². The summed E-state index contributed by atoms with van der Waals surface area (Å²) in [6.45, 7) is 5.18. The van der Waals surface area contributed by atoms with E-state index in [1.807, 2.05) is 6.92 Å². The van der Waals surface area contributed by atoms with Crippen LogP contribution in [-0.2, 0) is 9.59 Å². The van der Waals surface area contributed by atoms with Gasteiger partial charge in [-0.15, -0.1) is 0 Å². The summed E-state index contributed by atoms with van der Waals surface area (Å²) in [4.78, 5) is 18.1. The van der Waals surface area contributed by atoms with Crippen molar-refractivity contribution in [2.45, 2.75) is 19.8 Å². The molecule has 0 saturated heterocycles. The molecule has 0 aliphatic carbocycles. The monoisotopic (exact) mass is 155 g/mol. The Balaban J connectivity index is 0. The maximum atomic E-state index is 9.88. The molecule has 0 aromatic carbocycles. The van der Waals surface area contributed by atoms with E-state index in [0.29, 0.717) is 12.5 Å². The van der Waals surface area contributed by atoms with Gasteiger partial charge in [-0.25, -0.2) is 0 Å². The number of nitrogens with zero attached hydrogens (tertiary/aromatic N) is 1. The molecule has 0 aromatic heterocycles. The lowest BCUT2D eigenvalue weighted by Crippen LogP contribution is -2.23. The number of rotatable bonds is 3. The third-order valence-corrected chi connectivity index (χ3v) is 0.840. The third kappa shape index (κ3) is 11.9. The highest BCUT2D eigenvalue weighted by atomic mass is 16.4. The number of isocyanates is 1. The first kappa shape index (κ1) is 12.3. The fraction of sp³-hybridized carbons (Fsp3) is 0.429. The second-order valence-corrected chi connectivity index (χ2v) is 1.73. The molecule has 0 spiro atoms. The van der Waals surface area contributed by atoms with Crippen molar-refractivity contribution in [2.24, 2.45) is 0 Å². The predicted molar refractivity (Wildman–Crippen MR) is 38.1 cm³/mol. The Kier molecular flexibility index (Phi) is 9.59. The molecule has 0 heterocycles. The molecule has 0 rings (SSSR count). The van der Waals surface area contributed by atoms with Crippen LogP contribution in [0.2, 0.25) is 0 Å². The van der Waals surface area contributed by atoms with Crippen molar-refractivity contribution in [1.29, 1.82) is 0 Å². The van der Waals surface area contributed by atoms with Crippen LogP contribution in [0.15, 0.2) is 12.2 Å². The molecule has 0 amide bonds. The maximum Gasteiger partial charge on any atom is 0.0668 e. The minimum atomic E-state index is -1.13. The summed E-state index contributed by atoms with van der Waals surface area (Å²) in [5.41, 5.74) is 0.188. The van der Waals surface area contributed by atoms with Gasteiger partial charge in [0.2, 0.25) is 0 Å². The standard InChI is InChI=1S/C6H10O2.CNO/c1-3-4-5(2)6(7)8;2-1-3/h2-4H2,1H3,(H,7,8);/q;-1/p-1. The van der Waals surface area contributed by atoms with Crippen LogP contribution in [0.5, 0.6) is 0 Å². The SMILES string of the molecule is C=C(CCC)C(=O)[O-].[N-]=C=O. The Morgan fingerprint density at radius 2 is 2.09 bits per heavy atom. The average molecular weight is 155 g/mol. The Morgan fingerprint density at radius 3 is 2.18 bits per heavy atom. The van der Waals surface area contributed by atoms with Crippen molar-refractivity contribution in [2.75, 3.05) is 0 Å².